The minimum atomic E-state index is -4.51. The van der Waals surface area contributed by atoms with Gasteiger partial charge in [0.15, 0.2) is 11.6 Å². The molecule has 3 aromatic carbocycles. The Labute approximate surface area is 212 Å². The van der Waals surface area contributed by atoms with Crippen LogP contribution in [0.3, 0.4) is 0 Å². The Morgan fingerprint density at radius 1 is 1.00 bits per heavy atom. The Balaban J connectivity index is 1.61. The maximum atomic E-state index is 14.6. The molecule has 0 aliphatic carbocycles. The molecule has 0 fully saturated rings. The van der Waals surface area contributed by atoms with Crippen LogP contribution in [-0.4, -0.2) is 23.4 Å². The fourth-order valence-corrected chi connectivity index (χ4v) is 3.46. The number of alkyl halides is 3. The van der Waals surface area contributed by atoms with Crippen LogP contribution in [0, 0.1) is 11.6 Å². The second kappa shape index (κ2) is 10.7. The van der Waals surface area contributed by atoms with Gasteiger partial charge in [-0.3, -0.25) is 9.59 Å². The predicted molar refractivity (Wildman–Crippen MR) is 124 cm³/mol. The highest BCUT2D eigenvalue weighted by molar-refractivity contribution is 5.94. The molecule has 1 heterocycles. The third-order valence-electron chi connectivity index (χ3n) is 5.38. The molecule has 4 rings (SSSR count). The molecule has 12 heteroatoms. The van der Waals surface area contributed by atoms with Gasteiger partial charge in [0.05, 0.1) is 5.56 Å². The molecule has 2 amide bonds. The molecule has 0 radical (unpaired) electrons. The first kappa shape index (κ1) is 26.3. The minimum Gasteiger partial charge on any atom is -0.488 e. The van der Waals surface area contributed by atoms with Crippen molar-refractivity contribution in [3.63, 3.8) is 0 Å². The van der Waals surface area contributed by atoms with Crippen LogP contribution in [0.15, 0.2) is 77.4 Å². The summed E-state index contributed by atoms with van der Waals surface area (Å²) in [6.45, 7) is -0.480. The van der Waals surface area contributed by atoms with Gasteiger partial charge < -0.3 is 20.2 Å². The number of carbonyl (C=O) groups is 2. The van der Waals surface area contributed by atoms with Crippen molar-refractivity contribution in [3.8, 4) is 17.0 Å². The average Bonchev–Trinajstić information content (AvgIpc) is 3.37. The summed E-state index contributed by atoms with van der Waals surface area (Å²) < 4.78 is 78.0. The van der Waals surface area contributed by atoms with Crippen molar-refractivity contribution in [2.75, 3.05) is 6.61 Å². The normalized spacial score (nSPS) is 12.1. The van der Waals surface area contributed by atoms with Crippen molar-refractivity contribution in [2.24, 2.45) is 5.73 Å². The van der Waals surface area contributed by atoms with E-state index < -0.39 is 59.2 Å². The number of benzene rings is 3. The molecule has 1 unspecified atom stereocenters. The van der Waals surface area contributed by atoms with Crippen LogP contribution in [-0.2, 0) is 6.18 Å². The quantitative estimate of drug-likeness (QED) is 0.301. The van der Waals surface area contributed by atoms with Crippen molar-refractivity contribution in [1.29, 1.82) is 0 Å². The molecule has 0 spiro atoms. The number of aromatic nitrogens is 1. The highest BCUT2D eigenvalue weighted by Crippen LogP contribution is 2.31. The summed E-state index contributed by atoms with van der Waals surface area (Å²) in [7, 11) is 0. The van der Waals surface area contributed by atoms with E-state index in [0.29, 0.717) is 5.56 Å². The monoisotopic (exact) mass is 531 g/mol. The lowest BCUT2D eigenvalue weighted by molar-refractivity contribution is -0.137. The average molecular weight is 531 g/mol. The standard InChI is InChI=1S/C26H18F5N3O4/c27-17-10-11-20(22(28)21(17)23(32)35)37-13-19(33-24(36)15-4-2-1-3-5-15)25-34-18(12-38-25)14-6-8-16(9-7-14)26(29,30)31/h1-12,19H,13H2,(H2,32,35)(H,33,36). The summed E-state index contributed by atoms with van der Waals surface area (Å²) in [6, 6.07) is 12.8. The van der Waals surface area contributed by atoms with Gasteiger partial charge in [0, 0.05) is 11.1 Å². The summed E-state index contributed by atoms with van der Waals surface area (Å²) in [6.07, 6.45) is -3.34. The zero-order chi connectivity index (χ0) is 27.4. The second-order valence-electron chi connectivity index (χ2n) is 7.95. The van der Waals surface area contributed by atoms with Gasteiger partial charge in [-0.15, -0.1) is 0 Å². The van der Waals surface area contributed by atoms with E-state index in [9.17, 15) is 31.5 Å². The number of hydrogen-bond donors (Lipinski definition) is 2. The lowest BCUT2D eigenvalue weighted by Crippen LogP contribution is -2.33. The highest BCUT2D eigenvalue weighted by Gasteiger charge is 2.30. The number of oxazole rings is 1. The van der Waals surface area contributed by atoms with Crippen LogP contribution < -0.4 is 15.8 Å². The number of amides is 2. The van der Waals surface area contributed by atoms with E-state index in [1.54, 1.807) is 18.2 Å². The molecule has 0 aliphatic heterocycles. The number of nitrogens with two attached hydrogens (primary N) is 1. The van der Waals surface area contributed by atoms with Crippen LogP contribution >= 0.6 is 0 Å². The molecule has 1 aromatic heterocycles. The first-order valence-corrected chi connectivity index (χ1v) is 10.9. The molecular formula is C26H18F5N3O4. The molecule has 7 nitrogen and oxygen atoms in total. The fourth-order valence-electron chi connectivity index (χ4n) is 3.46. The largest absolute Gasteiger partial charge is 0.488 e. The summed E-state index contributed by atoms with van der Waals surface area (Å²) in [5.74, 6) is -5.04. The van der Waals surface area contributed by atoms with E-state index in [2.05, 4.69) is 10.3 Å². The SMILES string of the molecule is NC(=O)c1c(F)ccc(OCC(NC(=O)c2ccccc2)c2nc(-c3ccc(C(F)(F)F)cc3)co2)c1F. The van der Waals surface area contributed by atoms with Gasteiger partial charge in [-0.05, 0) is 36.4 Å². The van der Waals surface area contributed by atoms with Crippen LogP contribution in [0.2, 0.25) is 0 Å². The zero-order valence-electron chi connectivity index (χ0n) is 19.3. The summed E-state index contributed by atoms with van der Waals surface area (Å²) >= 11 is 0. The van der Waals surface area contributed by atoms with Crippen LogP contribution in [0.25, 0.3) is 11.3 Å². The fraction of sp³-hybridized carbons (Fsp3) is 0.115. The summed E-state index contributed by atoms with van der Waals surface area (Å²) in [5.41, 5.74) is 3.94. The predicted octanol–water partition coefficient (Wildman–Crippen LogP) is 5.29. The van der Waals surface area contributed by atoms with E-state index in [1.165, 1.54) is 30.5 Å². The molecule has 196 valence electrons. The van der Waals surface area contributed by atoms with Gasteiger partial charge in [0.2, 0.25) is 5.89 Å². The maximum absolute atomic E-state index is 14.6. The Kier molecular flexibility index (Phi) is 7.42. The van der Waals surface area contributed by atoms with Gasteiger partial charge in [0.1, 0.15) is 36.0 Å². The molecule has 3 N–H and O–H groups in total. The smallest absolute Gasteiger partial charge is 0.416 e. The Bertz CT molecular complexity index is 1450. The molecule has 4 aromatic rings. The van der Waals surface area contributed by atoms with Crippen LogP contribution in [0.5, 0.6) is 5.75 Å². The molecule has 38 heavy (non-hydrogen) atoms. The number of ether oxygens (including phenoxy) is 1. The second-order valence-corrected chi connectivity index (χ2v) is 7.95. The molecule has 0 aliphatic rings. The number of hydrogen-bond acceptors (Lipinski definition) is 5. The number of nitrogens with one attached hydrogen (secondary N) is 1. The van der Waals surface area contributed by atoms with Crippen molar-refractivity contribution in [2.45, 2.75) is 12.2 Å². The van der Waals surface area contributed by atoms with E-state index >= 15 is 0 Å². The Hall–Kier alpha value is -4.74. The number of primary amides is 1. The van der Waals surface area contributed by atoms with Crippen molar-refractivity contribution in [3.05, 3.63) is 107 Å². The van der Waals surface area contributed by atoms with E-state index in [0.717, 1.165) is 24.3 Å². The maximum Gasteiger partial charge on any atom is 0.416 e. The first-order chi connectivity index (χ1) is 18.0. The Morgan fingerprint density at radius 2 is 1.68 bits per heavy atom. The van der Waals surface area contributed by atoms with Crippen LogP contribution in [0.4, 0.5) is 22.0 Å². The number of nitrogens with zero attached hydrogens (tertiary/aromatic N) is 1. The van der Waals surface area contributed by atoms with Crippen molar-refractivity contribution < 1.29 is 40.7 Å². The molecular weight excluding hydrogens is 513 g/mol. The van der Waals surface area contributed by atoms with Crippen molar-refractivity contribution in [1.82, 2.24) is 10.3 Å². The van der Waals surface area contributed by atoms with Crippen LogP contribution in [0.1, 0.15) is 38.2 Å². The van der Waals surface area contributed by atoms with E-state index in [1.807, 2.05) is 0 Å². The Morgan fingerprint density at radius 3 is 2.32 bits per heavy atom. The number of carbonyl (C=O) groups excluding carboxylic acids is 2. The summed E-state index contributed by atoms with van der Waals surface area (Å²) in [5, 5.41) is 2.62. The van der Waals surface area contributed by atoms with Gasteiger partial charge in [0.25, 0.3) is 11.8 Å². The molecule has 1 atom stereocenters. The first-order valence-electron chi connectivity index (χ1n) is 10.9. The summed E-state index contributed by atoms with van der Waals surface area (Å²) in [4.78, 5) is 28.4. The lowest BCUT2D eigenvalue weighted by Gasteiger charge is -2.17. The highest BCUT2D eigenvalue weighted by atomic mass is 19.4. The number of halogens is 5. The molecule has 0 saturated heterocycles. The van der Waals surface area contributed by atoms with E-state index in [4.69, 9.17) is 14.9 Å². The van der Waals surface area contributed by atoms with Gasteiger partial charge in [-0.25, -0.2) is 13.8 Å². The van der Waals surface area contributed by atoms with E-state index in [-0.39, 0.29) is 17.1 Å². The molecule has 0 bridgehead atoms. The van der Waals surface area contributed by atoms with Gasteiger partial charge in [-0.1, -0.05) is 30.3 Å². The lowest BCUT2D eigenvalue weighted by atomic mass is 10.1. The van der Waals surface area contributed by atoms with Gasteiger partial charge in [-0.2, -0.15) is 13.2 Å². The zero-order valence-corrected chi connectivity index (χ0v) is 19.3. The third kappa shape index (κ3) is 5.80. The topological polar surface area (TPSA) is 107 Å². The third-order valence-corrected chi connectivity index (χ3v) is 5.38. The minimum absolute atomic E-state index is 0.109. The van der Waals surface area contributed by atoms with Crippen molar-refractivity contribution >= 4 is 11.8 Å². The van der Waals surface area contributed by atoms with Gasteiger partial charge >= 0.3 is 6.18 Å². The molecule has 0 saturated carbocycles. The number of rotatable bonds is 8.